The number of anilines is 1. The Morgan fingerprint density at radius 3 is 2.56 bits per heavy atom. The summed E-state index contributed by atoms with van der Waals surface area (Å²) in [6.07, 6.45) is 2.99. The number of nitro groups is 1. The fraction of sp³-hybridized carbons (Fsp3) is 0.323. The molecule has 43 heavy (non-hydrogen) atoms. The van der Waals surface area contributed by atoms with Crippen molar-refractivity contribution >= 4 is 40.0 Å². The fourth-order valence-electron chi connectivity index (χ4n) is 5.68. The van der Waals surface area contributed by atoms with Crippen LogP contribution in [0.3, 0.4) is 0 Å². The van der Waals surface area contributed by atoms with Crippen LogP contribution in [0.5, 0.6) is 0 Å². The molecule has 0 saturated carbocycles. The highest BCUT2D eigenvalue weighted by molar-refractivity contribution is 6.34. The molecule has 0 unspecified atom stereocenters. The lowest BCUT2D eigenvalue weighted by Crippen LogP contribution is -2.58. The molecule has 0 aliphatic carbocycles. The summed E-state index contributed by atoms with van der Waals surface area (Å²) >= 11 is 6.83. The zero-order chi connectivity index (χ0) is 31.2. The highest BCUT2D eigenvalue weighted by Crippen LogP contribution is 2.38. The number of halogens is 1. The minimum atomic E-state index is -0.576. The summed E-state index contributed by atoms with van der Waals surface area (Å²) in [7, 11) is 0. The third-order valence-electron chi connectivity index (χ3n) is 7.80. The van der Waals surface area contributed by atoms with Crippen molar-refractivity contribution in [3.05, 3.63) is 92.1 Å². The maximum absolute atomic E-state index is 14.1. The maximum Gasteiger partial charge on any atom is 0.355 e. The van der Waals surface area contributed by atoms with Gasteiger partial charge in [0.05, 0.1) is 38.0 Å². The SMILES string of the molecule is C=CC(=O)N1C[C@H](C)N(c2nc(=O)n(-c3c(C)ccnc3C(C)C)c3nc(-c4ccccc4[N+](=O)[O-])c(Cl)cc23)C[C@H]1C. The number of carbonyl (C=O) groups is 1. The Morgan fingerprint density at radius 1 is 1.16 bits per heavy atom. The number of aryl methyl sites for hydroxylation is 1. The van der Waals surface area contributed by atoms with Gasteiger partial charge in [-0.3, -0.25) is 19.9 Å². The van der Waals surface area contributed by atoms with Crippen molar-refractivity contribution in [2.24, 2.45) is 0 Å². The topological polar surface area (TPSA) is 127 Å². The van der Waals surface area contributed by atoms with E-state index in [0.29, 0.717) is 35.7 Å². The lowest BCUT2D eigenvalue weighted by atomic mass is 10.0. The average molecular weight is 602 g/mol. The van der Waals surface area contributed by atoms with Gasteiger partial charge in [0.1, 0.15) is 5.82 Å². The number of hydrogen-bond donors (Lipinski definition) is 0. The first-order valence-corrected chi connectivity index (χ1v) is 14.3. The molecule has 0 spiro atoms. The van der Waals surface area contributed by atoms with Crippen LogP contribution < -0.4 is 10.6 Å². The molecule has 0 N–H and O–H groups in total. The molecule has 1 fully saturated rings. The number of pyridine rings is 2. The Balaban J connectivity index is 1.85. The number of amides is 1. The third kappa shape index (κ3) is 5.25. The van der Waals surface area contributed by atoms with Gasteiger partial charge in [0, 0.05) is 37.4 Å². The van der Waals surface area contributed by atoms with Crippen LogP contribution in [-0.2, 0) is 4.79 Å². The van der Waals surface area contributed by atoms with Crippen molar-refractivity contribution in [1.29, 1.82) is 0 Å². The van der Waals surface area contributed by atoms with Gasteiger partial charge in [-0.25, -0.2) is 14.3 Å². The molecular formula is C31H32ClN7O4. The largest absolute Gasteiger partial charge is 0.355 e. The summed E-state index contributed by atoms with van der Waals surface area (Å²) in [5.74, 6) is 0.173. The van der Waals surface area contributed by atoms with Crippen LogP contribution in [0, 0.1) is 17.0 Å². The van der Waals surface area contributed by atoms with E-state index in [0.717, 1.165) is 5.56 Å². The molecule has 1 aromatic carbocycles. The Labute approximate surface area is 253 Å². The van der Waals surface area contributed by atoms with Crippen molar-refractivity contribution < 1.29 is 9.72 Å². The predicted molar refractivity (Wildman–Crippen MR) is 167 cm³/mol. The summed E-state index contributed by atoms with van der Waals surface area (Å²) in [5, 5.41) is 12.6. The number of para-hydroxylation sites is 1. The summed E-state index contributed by atoms with van der Waals surface area (Å²) in [6.45, 7) is 14.1. The molecule has 1 saturated heterocycles. The predicted octanol–water partition coefficient (Wildman–Crippen LogP) is 5.45. The summed E-state index contributed by atoms with van der Waals surface area (Å²) in [5.41, 5.74) is 1.93. The third-order valence-corrected chi connectivity index (χ3v) is 8.09. The molecule has 2 atom stereocenters. The zero-order valence-corrected chi connectivity index (χ0v) is 25.4. The monoisotopic (exact) mass is 601 g/mol. The Morgan fingerprint density at radius 2 is 1.88 bits per heavy atom. The normalized spacial score (nSPS) is 17.0. The second-order valence-corrected chi connectivity index (χ2v) is 11.5. The summed E-state index contributed by atoms with van der Waals surface area (Å²) < 4.78 is 1.43. The molecule has 1 amide bonds. The fourth-order valence-corrected chi connectivity index (χ4v) is 5.93. The second-order valence-electron chi connectivity index (χ2n) is 11.1. The van der Waals surface area contributed by atoms with Crippen molar-refractivity contribution in [1.82, 2.24) is 24.4 Å². The summed E-state index contributed by atoms with van der Waals surface area (Å²) in [4.78, 5) is 55.8. The average Bonchev–Trinajstić information content (AvgIpc) is 2.97. The number of carbonyl (C=O) groups excluding carboxylic acids is 1. The van der Waals surface area contributed by atoms with E-state index in [9.17, 15) is 19.7 Å². The van der Waals surface area contributed by atoms with Crippen LogP contribution in [0.25, 0.3) is 28.0 Å². The van der Waals surface area contributed by atoms with Crippen molar-refractivity contribution in [3.8, 4) is 16.9 Å². The minimum Gasteiger partial charge on any atom is -0.349 e. The van der Waals surface area contributed by atoms with E-state index >= 15 is 0 Å². The first-order valence-electron chi connectivity index (χ1n) is 14.0. The standard InChI is InChI=1S/C31H32ClN7O4/c1-7-25(40)36-15-20(6)37(16-19(36)5)29-22-14-23(32)27(21-10-8-9-11-24(21)39(42)43)34-30(22)38(31(41)35-29)28-18(4)12-13-33-26(28)17(2)3/h7-14,17,19-20H,1,15-16H2,2-6H3/t19-,20+/m1/s1. The van der Waals surface area contributed by atoms with Gasteiger partial charge in [0.2, 0.25) is 5.91 Å². The molecule has 11 nitrogen and oxygen atoms in total. The highest BCUT2D eigenvalue weighted by Gasteiger charge is 2.34. The minimum absolute atomic E-state index is 0.0325. The number of hydrogen-bond acceptors (Lipinski definition) is 8. The van der Waals surface area contributed by atoms with E-state index in [-0.39, 0.29) is 51.5 Å². The van der Waals surface area contributed by atoms with Gasteiger partial charge in [-0.05, 0) is 56.5 Å². The van der Waals surface area contributed by atoms with Crippen LogP contribution in [0.1, 0.15) is 44.9 Å². The molecule has 222 valence electrons. The van der Waals surface area contributed by atoms with E-state index in [2.05, 4.69) is 16.5 Å². The summed E-state index contributed by atoms with van der Waals surface area (Å²) in [6, 6.07) is 9.29. The van der Waals surface area contributed by atoms with E-state index < -0.39 is 10.6 Å². The Hall–Kier alpha value is -4.64. The van der Waals surface area contributed by atoms with Crippen LogP contribution >= 0.6 is 11.6 Å². The van der Waals surface area contributed by atoms with Gasteiger partial charge in [-0.1, -0.05) is 44.2 Å². The number of aromatic nitrogens is 4. The number of fused-ring (bicyclic) bond motifs is 1. The molecule has 1 aliphatic heterocycles. The molecule has 0 radical (unpaired) electrons. The van der Waals surface area contributed by atoms with E-state index in [1.807, 2.05) is 45.6 Å². The molecule has 1 aliphatic rings. The van der Waals surface area contributed by atoms with Gasteiger partial charge in [-0.2, -0.15) is 4.98 Å². The van der Waals surface area contributed by atoms with Crippen LogP contribution in [0.4, 0.5) is 11.5 Å². The van der Waals surface area contributed by atoms with Crippen LogP contribution in [0.15, 0.2) is 60.0 Å². The molecule has 5 rings (SSSR count). The Kier molecular flexibility index (Phi) is 8.02. The number of benzene rings is 1. The zero-order valence-electron chi connectivity index (χ0n) is 24.6. The second kappa shape index (κ2) is 11.6. The van der Waals surface area contributed by atoms with Gasteiger partial charge in [0.25, 0.3) is 5.69 Å². The van der Waals surface area contributed by atoms with E-state index in [1.54, 1.807) is 35.4 Å². The van der Waals surface area contributed by atoms with Crippen molar-refractivity contribution in [2.75, 3.05) is 18.0 Å². The van der Waals surface area contributed by atoms with Gasteiger partial charge < -0.3 is 9.80 Å². The Bertz CT molecular complexity index is 1840. The van der Waals surface area contributed by atoms with Gasteiger partial charge in [-0.15, -0.1) is 0 Å². The lowest BCUT2D eigenvalue weighted by Gasteiger charge is -2.44. The molecular weight excluding hydrogens is 570 g/mol. The molecule has 0 bridgehead atoms. The first-order chi connectivity index (χ1) is 20.4. The smallest absolute Gasteiger partial charge is 0.349 e. The van der Waals surface area contributed by atoms with Crippen molar-refractivity contribution in [3.63, 3.8) is 0 Å². The first kappa shape index (κ1) is 29.8. The lowest BCUT2D eigenvalue weighted by molar-refractivity contribution is -0.384. The van der Waals surface area contributed by atoms with Crippen LogP contribution in [0.2, 0.25) is 5.02 Å². The number of nitrogens with zero attached hydrogens (tertiary/aromatic N) is 7. The van der Waals surface area contributed by atoms with E-state index in [1.165, 1.54) is 16.7 Å². The number of rotatable bonds is 6. The maximum atomic E-state index is 14.1. The molecule has 12 heteroatoms. The molecule has 4 heterocycles. The molecule has 3 aromatic heterocycles. The number of piperazine rings is 1. The van der Waals surface area contributed by atoms with Gasteiger partial charge >= 0.3 is 5.69 Å². The van der Waals surface area contributed by atoms with Gasteiger partial charge in [0.15, 0.2) is 5.65 Å². The highest BCUT2D eigenvalue weighted by atomic mass is 35.5. The quantitative estimate of drug-likeness (QED) is 0.162. The van der Waals surface area contributed by atoms with Crippen molar-refractivity contribution in [2.45, 2.75) is 52.6 Å². The number of nitro benzene ring substituents is 1. The van der Waals surface area contributed by atoms with Crippen LogP contribution in [-0.4, -0.2) is 60.4 Å². The van der Waals surface area contributed by atoms with E-state index in [4.69, 9.17) is 16.6 Å². The molecule has 4 aromatic rings.